The minimum atomic E-state index is -0.0578. The van der Waals surface area contributed by atoms with Gasteiger partial charge in [0.1, 0.15) is 5.75 Å². The Morgan fingerprint density at radius 3 is 2.52 bits per heavy atom. The van der Waals surface area contributed by atoms with Crippen LogP contribution in [0.2, 0.25) is 0 Å². The lowest BCUT2D eigenvalue weighted by molar-refractivity contribution is -0.145. The van der Waals surface area contributed by atoms with E-state index in [0.29, 0.717) is 5.92 Å². The molecule has 2 aromatic carbocycles. The van der Waals surface area contributed by atoms with Crippen molar-refractivity contribution in [3.8, 4) is 5.75 Å². The van der Waals surface area contributed by atoms with Crippen molar-refractivity contribution in [2.24, 2.45) is 5.92 Å². The van der Waals surface area contributed by atoms with Crippen LogP contribution in [0.3, 0.4) is 0 Å². The lowest BCUT2D eigenvalue weighted by Gasteiger charge is -2.12. The summed E-state index contributed by atoms with van der Waals surface area (Å²) in [6, 6.07) is 18.8. The summed E-state index contributed by atoms with van der Waals surface area (Å²) >= 11 is 0. The van der Waals surface area contributed by atoms with Crippen molar-refractivity contribution in [1.82, 2.24) is 0 Å². The first-order valence-electron chi connectivity index (χ1n) is 9.11. The fourth-order valence-corrected chi connectivity index (χ4v) is 3.60. The van der Waals surface area contributed by atoms with E-state index in [4.69, 9.17) is 9.47 Å². The zero-order chi connectivity index (χ0) is 17.5. The molecule has 132 valence electrons. The molecule has 0 N–H and O–H groups in total. The molecule has 0 bridgehead atoms. The van der Waals surface area contributed by atoms with Gasteiger partial charge in [-0.15, -0.1) is 0 Å². The molecule has 3 rings (SSSR count). The summed E-state index contributed by atoms with van der Waals surface area (Å²) in [5.74, 6) is 1.43. The molecule has 0 heterocycles. The van der Waals surface area contributed by atoms with E-state index >= 15 is 0 Å². The number of esters is 1. The second-order valence-corrected chi connectivity index (χ2v) is 6.74. The molecule has 3 heteroatoms. The Kier molecular flexibility index (Phi) is 6.10. The van der Waals surface area contributed by atoms with Crippen LogP contribution in [0.5, 0.6) is 5.75 Å². The number of carbonyl (C=O) groups excluding carboxylic acids is 1. The molecule has 2 atom stereocenters. The van der Waals surface area contributed by atoms with Crippen LogP contribution in [0.15, 0.2) is 54.6 Å². The summed E-state index contributed by atoms with van der Waals surface area (Å²) in [7, 11) is 1.48. The maximum Gasteiger partial charge on any atom is 0.308 e. The van der Waals surface area contributed by atoms with Crippen LogP contribution < -0.4 is 4.74 Å². The number of hydrogen-bond acceptors (Lipinski definition) is 3. The van der Waals surface area contributed by atoms with Gasteiger partial charge in [0.25, 0.3) is 0 Å². The largest absolute Gasteiger partial charge is 0.494 e. The summed E-state index contributed by atoms with van der Waals surface area (Å²) < 4.78 is 10.6. The normalized spacial score (nSPS) is 19.6. The third-order valence-corrected chi connectivity index (χ3v) is 5.04. The first-order chi connectivity index (χ1) is 12.3. The first-order valence-corrected chi connectivity index (χ1v) is 9.11. The highest BCUT2D eigenvalue weighted by Gasteiger charge is 2.31. The Balaban J connectivity index is 1.44. The average molecular weight is 338 g/mol. The molecule has 0 aliphatic heterocycles. The highest BCUT2D eigenvalue weighted by atomic mass is 16.5. The summed E-state index contributed by atoms with van der Waals surface area (Å²) in [4.78, 5) is 11.7. The van der Waals surface area contributed by atoms with E-state index in [-0.39, 0.29) is 11.9 Å². The highest BCUT2D eigenvalue weighted by Crippen LogP contribution is 2.38. The lowest BCUT2D eigenvalue weighted by Crippen LogP contribution is -2.12. The monoisotopic (exact) mass is 338 g/mol. The van der Waals surface area contributed by atoms with Crippen molar-refractivity contribution >= 4 is 5.97 Å². The molecule has 0 aromatic heterocycles. The number of ether oxygens (including phenoxy) is 2. The number of carbonyl (C=O) groups is 1. The Hall–Kier alpha value is -2.29. The highest BCUT2D eigenvalue weighted by molar-refractivity contribution is 5.72. The Morgan fingerprint density at radius 1 is 1.04 bits per heavy atom. The maximum atomic E-state index is 11.7. The number of aryl methyl sites for hydroxylation is 1. The fraction of sp³-hybridized carbons (Fsp3) is 0.409. The van der Waals surface area contributed by atoms with Gasteiger partial charge in [-0.2, -0.15) is 0 Å². The molecule has 1 fully saturated rings. The van der Waals surface area contributed by atoms with Crippen LogP contribution in [0.4, 0.5) is 0 Å². The van der Waals surface area contributed by atoms with Crippen molar-refractivity contribution in [2.75, 3.05) is 13.7 Å². The molecule has 0 radical (unpaired) electrons. The van der Waals surface area contributed by atoms with E-state index in [2.05, 4.69) is 24.3 Å². The molecule has 1 saturated carbocycles. The van der Waals surface area contributed by atoms with E-state index in [0.717, 1.165) is 44.5 Å². The Morgan fingerprint density at radius 2 is 1.80 bits per heavy atom. The minimum absolute atomic E-state index is 0.0578. The van der Waals surface area contributed by atoms with Gasteiger partial charge in [0, 0.05) is 0 Å². The van der Waals surface area contributed by atoms with Gasteiger partial charge in [0.2, 0.25) is 0 Å². The van der Waals surface area contributed by atoms with Crippen molar-refractivity contribution in [3.05, 3.63) is 65.7 Å². The number of hydrogen-bond donors (Lipinski definition) is 0. The molecule has 1 aliphatic rings. The van der Waals surface area contributed by atoms with Crippen LogP contribution in [0, 0.1) is 5.92 Å². The van der Waals surface area contributed by atoms with E-state index < -0.39 is 0 Å². The molecule has 0 amide bonds. The van der Waals surface area contributed by atoms with Gasteiger partial charge in [-0.05, 0) is 61.3 Å². The van der Waals surface area contributed by atoms with Crippen molar-refractivity contribution < 1.29 is 14.3 Å². The van der Waals surface area contributed by atoms with E-state index in [1.54, 1.807) is 0 Å². The molecule has 0 spiro atoms. The predicted octanol–water partition coefficient (Wildman–Crippen LogP) is 4.75. The number of benzene rings is 2. The third kappa shape index (κ3) is 4.85. The van der Waals surface area contributed by atoms with Gasteiger partial charge in [-0.1, -0.05) is 42.5 Å². The lowest BCUT2D eigenvalue weighted by atomic mass is 9.95. The number of methoxy groups -OCH3 is 1. The molecule has 2 aromatic rings. The average Bonchev–Trinajstić information content (AvgIpc) is 3.16. The molecule has 3 nitrogen and oxygen atoms in total. The summed E-state index contributed by atoms with van der Waals surface area (Å²) in [5, 5.41) is 0. The summed E-state index contributed by atoms with van der Waals surface area (Å²) in [6.45, 7) is 0.731. The zero-order valence-electron chi connectivity index (χ0n) is 14.8. The van der Waals surface area contributed by atoms with Crippen LogP contribution in [-0.4, -0.2) is 19.7 Å². The van der Waals surface area contributed by atoms with Gasteiger partial charge in [-0.25, -0.2) is 0 Å². The van der Waals surface area contributed by atoms with Crippen LogP contribution in [-0.2, 0) is 16.0 Å². The minimum Gasteiger partial charge on any atom is -0.494 e. The zero-order valence-corrected chi connectivity index (χ0v) is 14.8. The predicted molar refractivity (Wildman–Crippen MR) is 98.8 cm³/mol. The van der Waals surface area contributed by atoms with Crippen molar-refractivity contribution in [1.29, 1.82) is 0 Å². The molecule has 0 saturated heterocycles. The first kappa shape index (κ1) is 17.5. The van der Waals surface area contributed by atoms with Gasteiger partial charge in [0.15, 0.2) is 0 Å². The molecular weight excluding hydrogens is 312 g/mol. The van der Waals surface area contributed by atoms with Crippen LogP contribution in [0.1, 0.15) is 42.7 Å². The van der Waals surface area contributed by atoms with Gasteiger partial charge >= 0.3 is 5.97 Å². The van der Waals surface area contributed by atoms with E-state index in [9.17, 15) is 4.79 Å². The smallest absolute Gasteiger partial charge is 0.308 e. The van der Waals surface area contributed by atoms with Crippen molar-refractivity contribution in [3.63, 3.8) is 0 Å². The second-order valence-electron chi connectivity index (χ2n) is 6.74. The van der Waals surface area contributed by atoms with Crippen molar-refractivity contribution in [2.45, 2.75) is 38.0 Å². The van der Waals surface area contributed by atoms with Crippen LogP contribution in [0.25, 0.3) is 0 Å². The van der Waals surface area contributed by atoms with Crippen LogP contribution >= 0.6 is 0 Å². The summed E-state index contributed by atoms with van der Waals surface area (Å²) in [6.07, 6.45) is 4.95. The molecule has 1 aliphatic carbocycles. The fourth-order valence-electron chi connectivity index (χ4n) is 3.60. The second kappa shape index (κ2) is 8.70. The Labute approximate surface area is 150 Å². The third-order valence-electron chi connectivity index (χ3n) is 5.04. The maximum absolute atomic E-state index is 11.7. The van der Waals surface area contributed by atoms with Gasteiger partial charge in [0.05, 0.1) is 19.6 Å². The summed E-state index contributed by atoms with van der Waals surface area (Å²) in [5.41, 5.74) is 2.68. The topological polar surface area (TPSA) is 35.5 Å². The van der Waals surface area contributed by atoms with Gasteiger partial charge in [-0.3, -0.25) is 4.79 Å². The standard InChI is InChI=1S/C22H26O3/c1-24-22(23)20-14-13-19(16-20)18-11-9-17(10-12-18)6-5-15-25-21-7-3-2-4-8-21/h2-4,7-12,19-20H,5-6,13-16H2,1H3. The molecular formula is C22H26O3. The number of rotatable bonds is 7. The van der Waals surface area contributed by atoms with E-state index in [1.807, 2.05) is 30.3 Å². The Bertz CT molecular complexity index is 663. The van der Waals surface area contributed by atoms with Gasteiger partial charge < -0.3 is 9.47 Å². The van der Waals surface area contributed by atoms with E-state index in [1.165, 1.54) is 18.2 Å². The number of para-hydroxylation sites is 1. The SMILES string of the molecule is COC(=O)C1CCC(c2ccc(CCCOc3ccccc3)cc2)C1. The quantitative estimate of drug-likeness (QED) is 0.539. The molecule has 2 unspecified atom stereocenters. The molecule has 25 heavy (non-hydrogen) atoms.